The molecule has 1 saturated carbocycles. The Labute approximate surface area is 110 Å². The maximum atomic E-state index is 3.53. The third-order valence-corrected chi connectivity index (χ3v) is 4.79. The summed E-state index contributed by atoms with van der Waals surface area (Å²) in [5, 5.41) is 1.46. The van der Waals surface area contributed by atoms with E-state index < -0.39 is 0 Å². The zero-order valence-corrected chi connectivity index (χ0v) is 11.6. The van der Waals surface area contributed by atoms with Crippen LogP contribution in [0.4, 0.5) is 0 Å². The fraction of sp³-hybridized carbons (Fsp3) is 0.529. The third kappa shape index (κ3) is 1.77. The van der Waals surface area contributed by atoms with Gasteiger partial charge in [-0.25, -0.2) is 0 Å². The van der Waals surface area contributed by atoms with E-state index in [1.54, 1.807) is 5.56 Å². The number of nitrogens with one attached hydrogen (secondary N) is 1. The fourth-order valence-electron chi connectivity index (χ4n) is 3.61. The molecule has 1 aromatic carbocycles. The molecule has 0 aliphatic heterocycles. The zero-order chi connectivity index (χ0) is 12.6. The third-order valence-electron chi connectivity index (χ3n) is 4.79. The summed E-state index contributed by atoms with van der Waals surface area (Å²) in [7, 11) is 0. The first kappa shape index (κ1) is 11.8. The van der Waals surface area contributed by atoms with Gasteiger partial charge in [-0.3, -0.25) is 0 Å². The highest BCUT2D eigenvalue weighted by Gasteiger charge is 2.30. The molecule has 0 radical (unpaired) electrons. The van der Waals surface area contributed by atoms with Gasteiger partial charge in [-0.05, 0) is 35.8 Å². The number of hydrogen-bond donors (Lipinski definition) is 1. The summed E-state index contributed by atoms with van der Waals surface area (Å²) in [6.07, 6.45) is 10.3. The smallest absolute Gasteiger partial charge is 0.0489 e. The summed E-state index contributed by atoms with van der Waals surface area (Å²) in [4.78, 5) is 3.53. The highest BCUT2D eigenvalue weighted by atomic mass is 14.7. The molecular weight excluding hydrogens is 218 g/mol. The molecule has 0 atom stereocenters. The Hall–Kier alpha value is -1.24. The van der Waals surface area contributed by atoms with E-state index in [4.69, 9.17) is 0 Å². The molecule has 96 valence electrons. The second-order valence-electron chi connectivity index (χ2n) is 6.02. The molecule has 1 heteroatoms. The van der Waals surface area contributed by atoms with Gasteiger partial charge in [0.15, 0.2) is 0 Å². The average Bonchev–Trinajstić information content (AvgIpc) is 2.84. The van der Waals surface area contributed by atoms with Crippen LogP contribution in [0, 0.1) is 0 Å². The van der Waals surface area contributed by atoms with E-state index >= 15 is 0 Å². The van der Waals surface area contributed by atoms with Gasteiger partial charge in [-0.2, -0.15) is 0 Å². The lowest BCUT2D eigenvalue weighted by Crippen LogP contribution is -2.24. The number of benzene rings is 1. The molecule has 1 aromatic heterocycles. The molecule has 0 bridgehead atoms. The first-order valence-electron chi connectivity index (χ1n) is 7.34. The Balaban J connectivity index is 2.12. The molecule has 1 fully saturated rings. The van der Waals surface area contributed by atoms with E-state index in [2.05, 4.69) is 43.2 Å². The van der Waals surface area contributed by atoms with Crippen molar-refractivity contribution in [2.45, 2.75) is 57.8 Å². The van der Waals surface area contributed by atoms with Crippen LogP contribution in [0.15, 0.2) is 24.4 Å². The lowest BCUT2D eigenvalue weighted by atomic mass is 9.71. The molecular formula is C17H23N. The molecule has 2 aromatic rings. The molecule has 0 saturated heterocycles. The van der Waals surface area contributed by atoms with Crippen molar-refractivity contribution in [2.75, 3.05) is 0 Å². The van der Waals surface area contributed by atoms with Crippen molar-refractivity contribution in [1.82, 2.24) is 4.98 Å². The van der Waals surface area contributed by atoms with E-state index in [0.717, 1.165) is 6.42 Å². The summed E-state index contributed by atoms with van der Waals surface area (Å²) in [6.45, 7) is 4.69. The maximum absolute atomic E-state index is 3.53. The minimum atomic E-state index is 0.392. The number of para-hydroxylation sites is 1. The molecule has 0 amide bonds. The molecule has 0 spiro atoms. The fourth-order valence-corrected chi connectivity index (χ4v) is 3.61. The number of aryl methyl sites for hydroxylation is 1. The number of hydrogen-bond acceptors (Lipinski definition) is 0. The SMILES string of the molecule is CCc1cccc2c(C3(C)CCCCC3)c[nH]c12. The van der Waals surface area contributed by atoms with Crippen molar-refractivity contribution in [1.29, 1.82) is 0 Å². The maximum Gasteiger partial charge on any atom is 0.0489 e. The van der Waals surface area contributed by atoms with Crippen LogP contribution in [0.25, 0.3) is 10.9 Å². The minimum absolute atomic E-state index is 0.392. The molecule has 18 heavy (non-hydrogen) atoms. The van der Waals surface area contributed by atoms with Crippen molar-refractivity contribution in [3.8, 4) is 0 Å². The summed E-state index contributed by atoms with van der Waals surface area (Å²) in [6, 6.07) is 6.75. The van der Waals surface area contributed by atoms with Crippen LogP contribution >= 0.6 is 0 Å². The minimum Gasteiger partial charge on any atom is -0.361 e. The van der Waals surface area contributed by atoms with E-state index in [0.29, 0.717) is 5.41 Å². The number of rotatable bonds is 2. The van der Waals surface area contributed by atoms with Gasteiger partial charge in [0.05, 0.1) is 0 Å². The molecule has 1 N–H and O–H groups in total. The lowest BCUT2D eigenvalue weighted by Gasteiger charge is -2.33. The van der Waals surface area contributed by atoms with Crippen LogP contribution in [-0.4, -0.2) is 4.98 Å². The number of H-pyrrole nitrogens is 1. The van der Waals surface area contributed by atoms with Crippen molar-refractivity contribution in [3.63, 3.8) is 0 Å². The van der Waals surface area contributed by atoms with Crippen molar-refractivity contribution in [2.24, 2.45) is 0 Å². The predicted octanol–water partition coefficient (Wildman–Crippen LogP) is 4.95. The van der Waals surface area contributed by atoms with Crippen LogP contribution < -0.4 is 0 Å². The van der Waals surface area contributed by atoms with E-state index in [-0.39, 0.29) is 0 Å². The largest absolute Gasteiger partial charge is 0.361 e. The van der Waals surface area contributed by atoms with Crippen LogP contribution in [0.5, 0.6) is 0 Å². The highest BCUT2D eigenvalue weighted by molar-refractivity contribution is 5.87. The van der Waals surface area contributed by atoms with Gasteiger partial charge >= 0.3 is 0 Å². The summed E-state index contributed by atoms with van der Waals surface area (Å²) in [5.74, 6) is 0. The highest BCUT2D eigenvalue weighted by Crippen LogP contribution is 2.42. The van der Waals surface area contributed by atoms with Gasteiger partial charge in [0, 0.05) is 17.1 Å². The molecule has 1 nitrogen and oxygen atoms in total. The van der Waals surface area contributed by atoms with Crippen LogP contribution in [0.3, 0.4) is 0 Å². The van der Waals surface area contributed by atoms with Crippen LogP contribution in [-0.2, 0) is 11.8 Å². The lowest BCUT2D eigenvalue weighted by molar-refractivity contribution is 0.322. The Morgan fingerprint density at radius 2 is 1.94 bits per heavy atom. The summed E-state index contributed by atoms with van der Waals surface area (Å²) >= 11 is 0. The van der Waals surface area contributed by atoms with Gasteiger partial charge in [-0.1, -0.05) is 51.3 Å². The predicted molar refractivity (Wildman–Crippen MR) is 78.1 cm³/mol. The number of fused-ring (bicyclic) bond motifs is 1. The van der Waals surface area contributed by atoms with Gasteiger partial charge < -0.3 is 4.98 Å². The Morgan fingerprint density at radius 1 is 1.17 bits per heavy atom. The van der Waals surface area contributed by atoms with Gasteiger partial charge in [0.25, 0.3) is 0 Å². The van der Waals surface area contributed by atoms with Crippen molar-refractivity contribution in [3.05, 3.63) is 35.5 Å². The van der Waals surface area contributed by atoms with E-state index in [1.165, 1.54) is 48.6 Å². The molecule has 0 unspecified atom stereocenters. The van der Waals surface area contributed by atoms with E-state index in [9.17, 15) is 0 Å². The average molecular weight is 241 g/mol. The van der Waals surface area contributed by atoms with Crippen molar-refractivity contribution >= 4 is 10.9 Å². The number of aromatic nitrogens is 1. The first-order valence-corrected chi connectivity index (χ1v) is 7.34. The van der Waals surface area contributed by atoms with Crippen molar-refractivity contribution < 1.29 is 0 Å². The second-order valence-corrected chi connectivity index (χ2v) is 6.02. The monoisotopic (exact) mass is 241 g/mol. The van der Waals surface area contributed by atoms with Gasteiger partial charge in [0.1, 0.15) is 0 Å². The zero-order valence-electron chi connectivity index (χ0n) is 11.6. The molecule has 1 aliphatic rings. The molecule has 1 aliphatic carbocycles. The van der Waals surface area contributed by atoms with Crippen LogP contribution in [0.2, 0.25) is 0 Å². The normalized spacial score (nSPS) is 19.2. The second kappa shape index (κ2) is 4.46. The molecule has 3 rings (SSSR count). The van der Waals surface area contributed by atoms with E-state index in [1.807, 2.05) is 0 Å². The first-order chi connectivity index (χ1) is 8.74. The Kier molecular flexibility index (Phi) is 2.93. The van der Waals surface area contributed by atoms with Gasteiger partial charge in [-0.15, -0.1) is 0 Å². The van der Waals surface area contributed by atoms with Gasteiger partial charge in [0.2, 0.25) is 0 Å². The number of aromatic amines is 1. The topological polar surface area (TPSA) is 15.8 Å². The van der Waals surface area contributed by atoms with Crippen LogP contribution in [0.1, 0.15) is 57.1 Å². The standard InChI is InChI=1S/C17H23N/c1-3-13-8-7-9-14-15(12-18-16(13)14)17(2)10-5-4-6-11-17/h7-9,12,18H,3-6,10-11H2,1-2H3. The quantitative estimate of drug-likeness (QED) is 0.765. The summed E-state index contributed by atoms with van der Waals surface area (Å²) < 4.78 is 0. The Bertz CT molecular complexity index is 544. The Morgan fingerprint density at radius 3 is 2.67 bits per heavy atom. The molecule has 1 heterocycles. The summed E-state index contributed by atoms with van der Waals surface area (Å²) in [5.41, 5.74) is 4.75.